The first-order valence-electron chi connectivity index (χ1n) is 3.35. The number of methoxy groups -OCH3 is 1. The topological polar surface area (TPSA) is 39.2 Å². The van der Waals surface area contributed by atoms with E-state index in [-0.39, 0.29) is 0 Å². The zero-order chi connectivity index (χ0) is 9.14. The lowest BCUT2D eigenvalue weighted by Gasteiger charge is -2.05. The van der Waals surface area contributed by atoms with Gasteiger partial charge in [-0.3, -0.25) is 4.79 Å². The molecule has 4 heteroatoms. The maximum Gasteiger partial charge on any atom is 0.232 e. The second-order valence-electron chi connectivity index (χ2n) is 2.28. The van der Waals surface area contributed by atoms with Crippen LogP contribution in [0.1, 0.15) is 15.9 Å². The number of hydrogen-bond donors (Lipinski definition) is 0. The Bertz CT molecular complexity index is 312. The highest BCUT2D eigenvalue weighted by molar-refractivity contribution is 6.32. The average Bonchev–Trinajstić information content (AvgIpc) is 2.10. The second-order valence-corrected chi connectivity index (χ2v) is 2.66. The summed E-state index contributed by atoms with van der Waals surface area (Å²) in [7, 11) is 1.48. The zero-order valence-corrected chi connectivity index (χ0v) is 7.55. The highest BCUT2D eigenvalue weighted by Gasteiger charge is 2.08. The van der Waals surface area contributed by atoms with Crippen LogP contribution in [0.2, 0.25) is 5.02 Å². The maximum absolute atomic E-state index is 10.4. The summed E-state index contributed by atoms with van der Waals surface area (Å²) in [5.41, 5.74) is 1.18. The van der Waals surface area contributed by atoms with Gasteiger partial charge in [-0.15, -0.1) is 0 Å². The number of carbonyl (C=O) groups is 1. The van der Waals surface area contributed by atoms with Crippen LogP contribution in [0, 0.1) is 6.92 Å². The predicted octanol–water partition coefficient (Wildman–Crippen LogP) is 1.86. The first-order chi connectivity index (χ1) is 5.70. The third-order valence-electron chi connectivity index (χ3n) is 1.59. The first kappa shape index (κ1) is 9.00. The Morgan fingerprint density at radius 2 is 2.33 bits per heavy atom. The van der Waals surface area contributed by atoms with Crippen LogP contribution in [0.3, 0.4) is 0 Å². The lowest BCUT2D eigenvalue weighted by molar-refractivity contribution is 0.112. The predicted molar refractivity (Wildman–Crippen MR) is 45.9 cm³/mol. The standard InChI is InChI=1S/C8H8ClNO2/c1-5-6(4-11)3-10-8(12-2)7(5)9/h3-4H,1-2H3. The molecule has 0 amide bonds. The minimum Gasteiger partial charge on any atom is -0.480 e. The number of nitrogens with zero attached hydrogens (tertiary/aromatic N) is 1. The van der Waals surface area contributed by atoms with Crippen molar-refractivity contribution in [1.29, 1.82) is 0 Å². The molecule has 0 aromatic carbocycles. The number of aromatic nitrogens is 1. The minimum atomic E-state index is 0.347. The molecule has 0 unspecified atom stereocenters. The molecular formula is C8H8ClNO2. The van der Waals surface area contributed by atoms with Gasteiger partial charge in [0.25, 0.3) is 0 Å². The van der Waals surface area contributed by atoms with Crippen LogP contribution in [0.5, 0.6) is 5.88 Å². The average molecular weight is 186 g/mol. The van der Waals surface area contributed by atoms with Crippen molar-refractivity contribution in [3.8, 4) is 5.88 Å². The zero-order valence-electron chi connectivity index (χ0n) is 6.80. The fourth-order valence-corrected chi connectivity index (χ4v) is 1.06. The molecule has 1 aromatic heterocycles. The molecule has 0 spiro atoms. The molecule has 3 nitrogen and oxygen atoms in total. The largest absolute Gasteiger partial charge is 0.480 e. The van der Waals surface area contributed by atoms with Crippen molar-refractivity contribution >= 4 is 17.9 Å². The van der Waals surface area contributed by atoms with Gasteiger partial charge in [0.05, 0.1) is 7.11 Å². The van der Waals surface area contributed by atoms with E-state index in [0.717, 1.165) is 0 Å². The van der Waals surface area contributed by atoms with E-state index in [0.29, 0.717) is 28.3 Å². The summed E-state index contributed by atoms with van der Waals surface area (Å²) < 4.78 is 4.87. The van der Waals surface area contributed by atoms with Crippen molar-refractivity contribution in [3.63, 3.8) is 0 Å². The quantitative estimate of drug-likeness (QED) is 0.661. The van der Waals surface area contributed by atoms with Gasteiger partial charge in [-0.2, -0.15) is 0 Å². The van der Waals surface area contributed by atoms with Crippen molar-refractivity contribution < 1.29 is 9.53 Å². The number of aldehydes is 1. The summed E-state index contributed by atoms with van der Waals surface area (Å²) in [4.78, 5) is 14.3. The normalized spacial score (nSPS) is 9.58. The van der Waals surface area contributed by atoms with Gasteiger partial charge in [-0.25, -0.2) is 4.98 Å². The number of ether oxygens (including phenoxy) is 1. The summed E-state index contributed by atoms with van der Waals surface area (Å²) in [5, 5.41) is 0.391. The molecule has 1 heterocycles. The Morgan fingerprint density at radius 1 is 1.67 bits per heavy atom. The van der Waals surface area contributed by atoms with E-state index >= 15 is 0 Å². The Hall–Kier alpha value is -1.09. The summed E-state index contributed by atoms with van der Waals surface area (Å²) in [5.74, 6) is 0.347. The van der Waals surface area contributed by atoms with Crippen LogP contribution in [0.4, 0.5) is 0 Å². The molecule has 0 radical (unpaired) electrons. The fraction of sp³-hybridized carbons (Fsp3) is 0.250. The third kappa shape index (κ3) is 1.41. The monoisotopic (exact) mass is 185 g/mol. The molecular weight excluding hydrogens is 178 g/mol. The molecule has 0 atom stereocenters. The fourth-order valence-electron chi connectivity index (χ4n) is 0.830. The lowest BCUT2D eigenvalue weighted by atomic mass is 10.2. The van der Waals surface area contributed by atoms with E-state index in [1.165, 1.54) is 13.3 Å². The molecule has 0 N–H and O–H groups in total. The van der Waals surface area contributed by atoms with Crippen molar-refractivity contribution in [2.75, 3.05) is 7.11 Å². The summed E-state index contributed by atoms with van der Waals surface area (Å²) in [6.45, 7) is 1.75. The Kier molecular flexibility index (Phi) is 2.65. The SMILES string of the molecule is COc1ncc(C=O)c(C)c1Cl. The molecule has 0 fully saturated rings. The second kappa shape index (κ2) is 3.54. The van der Waals surface area contributed by atoms with E-state index in [4.69, 9.17) is 16.3 Å². The third-order valence-corrected chi connectivity index (χ3v) is 2.04. The summed E-state index contributed by atoms with van der Waals surface area (Å²) >= 11 is 5.83. The maximum atomic E-state index is 10.4. The van der Waals surface area contributed by atoms with Crippen LogP contribution in [0.25, 0.3) is 0 Å². The summed E-state index contributed by atoms with van der Waals surface area (Å²) in [6, 6.07) is 0. The molecule has 12 heavy (non-hydrogen) atoms. The molecule has 0 bridgehead atoms. The number of hydrogen-bond acceptors (Lipinski definition) is 3. The van der Waals surface area contributed by atoms with E-state index in [9.17, 15) is 4.79 Å². The van der Waals surface area contributed by atoms with Crippen LogP contribution in [0.15, 0.2) is 6.20 Å². The van der Waals surface area contributed by atoms with Crippen molar-refractivity contribution in [2.45, 2.75) is 6.92 Å². The highest BCUT2D eigenvalue weighted by Crippen LogP contribution is 2.26. The molecule has 0 saturated heterocycles. The van der Waals surface area contributed by atoms with E-state index in [1.807, 2.05) is 0 Å². The minimum absolute atomic E-state index is 0.347. The van der Waals surface area contributed by atoms with Gasteiger partial charge in [-0.1, -0.05) is 11.6 Å². The van der Waals surface area contributed by atoms with Crippen LogP contribution in [-0.4, -0.2) is 18.4 Å². The van der Waals surface area contributed by atoms with Gasteiger partial charge in [0, 0.05) is 11.8 Å². The molecule has 1 aromatic rings. The van der Waals surface area contributed by atoms with E-state index in [2.05, 4.69) is 4.98 Å². The molecule has 64 valence electrons. The number of rotatable bonds is 2. The summed E-state index contributed by atoms with van der Waals surface area (Å²) in [6.07, 6.45) is 2.15. The van der Waals surface area contributed by atoms with Gasteiger partial charge in [0.1, 0.15) is 5.02 Å². The number of carbonyl (C=O) groups excluding carboxylic acids is 1. The van der Waals surface area contributed by atoms with Gasteiger partial charge >= 0.3 is 0 Å². The van der Waals surface area contributed by atoms with Crippen molar-refractivity contribution in [3.05, 3.63) is 22.3 Å². The van der Waals surface area contributed by atoms with Crippen LogP contribution < -0.4 is 4.74 Å². The van der Waals surface area contributed by atoms with Gasteiger partial charge < -0.3 is 4.74 Å². The molecule has 0 aliphatic heterocycles. The Labute approximate surface area is 75.3 Å². The van der Waals surface area contributed by atoms with Crippen molar-refractivity contribution in [2.24, 2.45) is 0 Å². The molecule has 0 saturated carbocycles. The van der Waals surface area contributed by atoms with E-state index in [1.54, 1.807) is 6.92 Å². The smallest absolute Gasteiger partial charge is 0.232 e. The van der Waals surface area contributed by atoms with Gasteiger partial charge in [-0.05, 0) is 12.5 Å². The van der Waals surface area contributed by atoms with Gasteiger partial charge in [0.2, 0.25) is 5.88 Å². The molecule has 0 aliphatic carbocycles. The highest BCUT2D eigenvalue weighted by atomic mass is 35.5. The van der Waals surface area contributed by atoms with Crippen molar-refractivity contribution in [1.82, 2.24) is 4.98 Å². The van der Waals surface area contributed by atoms with Crippen LogP contribution in [-0.2, 0) is 0 Å². The van der Waals surface area contributed by atoms with E-state index < -0.39 is 0 Å². The first-order valence-corrected chi connectivity index (χ1v) is 3.72. The Morgan fingerprint density at radius 3 is 2.83 bits per heavy atom. The molecule has 1 rings (SSSR count). The number of halogens is 1. The van der Waals surface area contributed by atoms with Crippen LogP contribution >= 0.6 is 11.6 Å². The number of pyridine rings is 1. The van der Waals surface area contributed by atoms with Gasteiger partial charge in [0.15, 0.2) is 6.29 Å². The molecule has 0 aliphatic rings. The Balaban J connectivity index is 3.29. The lowest BCUT2D eigenvalue weighted by Crippen LogP contribution is -1.94.